The topological polar surface area (TPSA) is 124 Å². The number of carbonyl (C=O) groups excluding carboxylic acids is 2. The van der Waals surface area contributed by atoms with Crippen molar-refractivity contribution in [2.45, 2.75) is 0 Å². The number of carbonyl (C=O) groups is 2. The Morgan fingerprint density at radius 2 is 1.79 bits per heavy atom. The second kappa shape index (κ2) is 8.26. The zero-order chi connectivity index (χ0) is 22.9. The van der Waals surface area contributed by atoms with Crippen LogP contribution in [0, 0.1) is 11.2 Å². The van der Waals surface area contributed by atoms with E-state index >= 15 is 0 Å². The van der Waals surface area contributed by atoms with E-state index < -0.39 is 17.5 Å². The zero-order valence-corrected chi connectivity index (χ0v) is 17.4. The molecule has 1 fully saturated rings. The van der Waals surface area contributed by atoms with Gasteiger partial charge in [0.25, 0.3) is 11.7 Å². The minimum absolute atomic E-state index is 0.0154. The van der Waals surface area contributed by atoms with Crippen LogP contribution in [0.5, 0.6) is 0 Å². The van der Waals surface area contributed by atoms with Crippen molar-refractivity contribution in [3.8, 4) is 5.82 Å². The van der Waals surface area contributed by atoms with E-state index in [1.165, 1.54) is 22.0 Å². The number of rotatable bonds is 4. The fraction of sp³-hybridized carbons (Fsp3) is 0.182. The number of hydrogen-bond donors (Lipinski definition) is 2. The Kier molecular flexibility index (Phi) is 5.13. The maximum Gasteiger partial charge on any atom is 0.295 e. The van der Waals surface area contributed by atoms with E-state index in [4.69, 9.17) is 5.41 Å². The first-order valence-electron chi connectivity index (χ1n) is 10.3. The van der Waals surface area contributed by atoms with Gasteiger partial charge in [-0.15, -0.1) is 5.10 Å². The van der Waals surface area contributed by atoms with Gasteiger partial charge in [0, 0.05) is 37.9 Å². The summed E-state index contributed by atoms with van der Waals surface area (Å²) in [7, 11) is 0. The third-order valence-corrected chi connectivity index (χ3v) is 5.65. The van der Waals surface area contributed by atoms with Crippen LogP contribution in [0.15, 0.2) is 55.1 Å². The third-order valence-electron chi connectivity index (χ3n) is 5.65. The Balaban J connectivity index is 1.34. The second-order valence-corrected chi connectivity index (χ2v) is 7.55. The van der Waals surface area contributed by atoms with Crippen LogP contribution in [0.2, 0.25) is 0 Å². The Hall–Kier alpha value is -4.41. The van der Waals surface area contributed by atoms with Crippen LogP contribution < -0.4 is 0 Å². The van der Waals surface area contributed by atoms with Gasteiger partial charge < -0.3 is 14.8 Å². The Labute approximate surface area is 187 Å². The molecular weight excluding hydrogens is 427 g/mol. The van der Waals surface area contributed by atoms with Gasteiger partial charge in [0.05, 0.1) is 35.1 Å². The van der Waals surface area contributed by atoms with Crippen LogP contribution in [0.1, 0.15) is 15.9 Å². The van der Waals surface area contributed by atoms with Gasteiger partial charge in [-0.05, 0) is 0 Å². The summed E-state index contributed by atoms with van der Waals surface area (Å²) in [5, 5.41) is 15.9. The first-order chi connectivity index (χ1) is 16.0. The number of aromatic nitrogens is 5. The van der Waals surface area contributed by atoms with Gasteiger partial charge in [0.1, 0.15) is 5.84 Å². The summed E-state index contributed by atoms with van der Waals surface area (Å²) in [4.78, 5) is 36.1. The molecule has 3 aromatic heterocycles. The van der Waals surface area contributed by atoms with E-state index in [0.717, 1.165) is 11.8 Å². The number of hydrogen-bond acceptors (Lipinski definition) is 6. The van der Waals surface area contributed by atoms with E-state index in [-0.39, 0.29) is 35.4 Å². The highest BCUT2D eigenvalue weighted by Crippen LogP contribution is 2.26. The van der Waals surface area contributed by atoms with Crippen molar-refractivity contribution in [1.82, 2.24) is 34.8 Å². The number of Topliss-reactive ketones (excluding diaryl/α,β-unsaturated/α-hetero) is 1. The largest absolute Gasteiger partial charge is 0.357 e. The molecule has 0 bridgehead atoms. The third kappa shape index (κ3) is 3.63. The SMILES string of the molecule is N=C(c1ccccc1)N1CCN(C(=O)C(=O)c2c[nH]c3c(-n4ccnn4)ncc(F)c23)CC1. The molecule has 4 heterocycles. The maximum atomic E-state index is 14.6. The molecule has 166 valence electrons. The highest BCUT2D eigenvalue weighted by Gasteiger charge is 2.30. The second-order valence-electron chi connectivity index (χ2n) is 7.55. The lowest BCUT2D eigenvalue weighted by Crippen LogP contribution is -2.52. The summed E-state index contributed by atoms with van der Waals surface area (Å²) in [6.07, 6.45) is 5.30. The lowest BCUT2D eigenvalue weighted by molar-refractivity contribution is -0.127. The Morgan fingerprint density at radius 1 is 1.06 bits per heavy atom. The quantitative estimate of drug-likeness (QED) is 0.213. The number of fused-ring (bicyclic) bond motifs is 1. The maximum absolute atomic E-state index is 14.6. The molecule has 1 saturated heterocycles. The van der Waals surface area contributed by atoms with Crippen LogP contribution in [0.4, 0.5) is 4.39 Å². The number of pyridine rings is 1. The van der Waals surface area contributed by atoms with Crippen LogP contribution in [0.3, 0.4) is 0 Å². The average molecular weight is 446 g/mol. The standard InChI is InChI=1S/C22H19FN8O2/c23-16-13-26-21(31-7-6-27-28-31)18-17(16)15(12-25-18)19(32)22(33)30-10-8-29(9-11-30)20(24)14-4-2-1-3-5-14/h1-7,12-13,24-25H,8-11H2. The van der Waals surface area contributed by atoms with Crippen molar-refractivity contribution in [1.29, 1.82) is 5.41 Å². The molecule has 4 aromatic rings. The van der Waals surface area contributed by atoms with Crippen LogP contribution in [0.25, 0.3) is 16.7 Å². The van der Waals surface area contributed by atoms with E-state index in [9.17, 15) is 14.0 Å². The number of nitrogens with zero attached hydrogens (tertiary/aromatic N) is 6. The molecule has 1 aliphatic heterocycles. The first kappa shape index (κ1) is 20.5. The molecule has 1 aromatic carbocycles. The van der Waals surface area contributed by atoms with Crippen molar-refractivity contribution < 1.29 is 14.0 Å². The van der Waals surface area contributed by atoms with Crippen molar-refractivity contribution in [2.75, 3.05) is 26.2 Å². The number of nitrogens with one attached hydrogen (secondary N) is 2. The fourth-order valence-electron chi connectivity index (χ4n) is 3.94. The predicted octanol–water partition coefficient (Wildman–Crippen LogP) is 1.64. The predicted molar refractivity (Wildman–Crippen MR) is 117 cm³/mol. The lowest BCUT2D eigenvalue weighted by Gasteiger charge is -2.35. The summed E-state index contributed by atoms with van der Waals surface area (Å²) < 4.78 is 16.0. The van der Waals surface area contributed by atoms with Gasteiger partial charge in [0.15, 0.2) is 11.6 Å². The van der Waals surface area contributed by atoms with Crippen molar-refractivity contribution in [3.05, 3.63) is 72.1 Å². The molecule has 11 heteroatoms. The van der Waals surface area contributed by atoms with Gasteiger partial charge >= 0.3 is 0 Å². The van der Waals surface area contributed by atoms with Crippen molar-refractivity contribution in [2.24, 2.45) is 0 Å². The van der Waals surface area contributed by atoms with Crippen molar-refractivity contribution >= 4 is 28.4 Å². The normalized spacial score (nSPS) is 14.0. The van der Waals surface area contributed by atoms with Gasteiger partial charge in [0.2, 0.25) is 0 Å². The molecule has 0 aliphatic carbocycles. The monoisotopic (exact) mass is 446 g/mol. The minimum Gasteiger partial charge on any atom is -0.357 e. The van der Waals surface area contributed by atoms with E-state index in [1.807, 2.05) is 35.2 Å². The summed E-state index contributed by atoms with van der Waals surface area (Å²) in [5.74, 6) is -1.58. The molecule has 0 spiro atoms. The van der Waals surface area contributed by atoms with Gasteiger partial charge in [-0.2, -0.15) is 0 Å². The molecule has 0 saturated carbocycles. The van der Waals surface area contributed by atoms with E-state index in [0.29, 0.717) is 18.9 Å². The fourth-order valence-corrected chi connectivity index (χ4v) is 3.94. The zero-order valence-electron chi connectivity index (χ0n) is 17.4. The lowest BCUT2D eigenvalue weighted by atomic mass is 10.1. The minimum atomic E-state index is -0.803. The number of halogens is 1. The Morgan fingerprint density at radius 3 is 2.48 bits per heavy atom. The summed E-state index contributed by atoms with van der Waals surface area (Å²) in [5.41, 5.74) is 0.980. The number of H-pyrrole nitrogens is 1. The summed E-state index contributed by atoms with van der Waals surface area (Å²) in [6, 6.07) is 9.34. The van der Waals surface area contributed by atoms with Gasteiger partial charge in [-0.3, -0.25) is 15.0 Å². The van der Waals surface area contributed by atoms with E-state index in [2.05, 4.69) is 20.3 Å². The van der Waals surface area contributed by atoms with Crippen LogP contribution >= 0.6 is 0 Å². The molecule has 33 heavy (non-hydrogen) atoms. The highest BCUT2D eigenvalue weighted by molar-refractivity contribution is 6.45. The molecule has 1 amide bonds. The number of amidine groups is 1. The number of ketones is 1. The van der Waals surface area contributed by atoms with Crippen LogP contribution in [-0.2, 0) is 4.79 Å². The van der Waals surface area contributed by atoms with Crippen molar-refractivity contribution in [3.63, 3.8) is 0 Å². The number of piperazine rings is 1. The molecule has 0 radical (unpaired) electrons. The molecule has 10 nitrogen and oxygen atoms in total. The Bertz CT molecular complexity index is 1340. The average Bonchev–Trinajstić information content (AvgIpc) is 3.55. The van der Waals surface area contributed by atoms with Crippen LogP contribution in [-0.4, -0.2) is 78.5 Å². The molecule has 5 rings (SSSR count). The molecule has 2 N–H and O–H groups in total. The molecular formula is C22H19FN8O2. The first-order valence-corrected chi connectivity index (χ1v) is 10.3. The van der Waals surface area contributed by atoms with Gasteiger partial charge in [-0.1, -0.05) is 35.5 Å². The molecule has 0 unspecified atom stereocenters. The summed E-state index contributed by atoms with van der Waals surface area (Å²) in [6.45, 7) is 1.43. The summed E-state index contributed by atoms with van der Waals surface area (Å²) >= 11 is 0. The highest BCUT2D eigenvalue weighted by atomic mass is 19.1. The van der Waals surface area contributed by atoms with Gasteiger partial charge in [-0.25, -0.2) is 14.1 Å². The van der Waals surface area contributed by atoms with E-state index in [1.54, 1.807) is 6.20 Å². The molecule has 0 atom stereocenters. The number of aromatic amines is 1. The number of amides is 1. The molecule has 1 aliphatic rings. The smallest absolute Gasteiger partial charge is 0.295 e. The number of benzene rings is 1.